The number of nitrogens with one attached hydrogen (secondary N) is 2. The molecule has 1 aliphatic rings. The van der Waals surface area contributed by atoms with Crippen molar-refractivity contribution in [2.75, 3.05) is 20.6 Å². The smallest absolute Gasteiger partial charge is 0.309 e. The lowest BCUT2D eigenvalue weighted by atomic mass is 9.98. The van der Waals surface area contributed by atoms with Gasteiger partial charge in [0, 0.05) is 12.6 Å². The summed E-state index contributed by atoms with van der Waals surface area (Å²) in [5.74, 6) is -1.07. The van der Waals surface area contributed by atoms with Crippen LogP contribution < -0.4 is 10.6 Å². The van der Waals surface area contributed by atoms with Gasteiger partial charge in [-0.3, -0.25) is 9.59 Å². The Morgan fingerprint density at radius 1 is 1.04 bits per heavy atom. The van der Waals surface area contributed by atoms with Crippen molar-refractivity contribution in [3.63, 3.8) is 0 Å². The third-order valence-corrected chi connectivity index (χ3v) is 5.16. The molecule has 1 aliphatic carbocycles. The molecule has 2 N–H and O–H groups in total. The standard InChI is InChI=1S/C21H27N3O2/c1-24(2)19(18-13-7-9-15-8-3-6-12-17(15)18)14-22-20(25)21(26)23-16-10-4-5-11-16/h3,6-9,12-13,16,19H,4-5,10-11,14H2,1-2H3,(H,22,25)(H,23,26)/t19-/m0/s1. The molecule has 0 spiro atoms. The molecule has 0 radical (unpaired) electrons. The zero-order chi connectivity index (χ0) is 18.5. The number of hydrogen-bond donors (Lipinski definition) is 2. The molecule has 0 aliphatic heterocycles. The van der Waals surface area contributed by atoms with E-state index in [4.69, 9.17) is 0 Å². The second kappa shape index (κ2) is 8.32. The Kier molecular flexibility index (Phi) is 5.89. The summed E-state index contributed by atoms with van der Waals surface area (Å²) in [6, 6.07) is 14.5. The van der Waals surface area contributed by atoms with Gasteiger partial charge in [0.15, 0.2) is 0 Å². The average Bonchev–Trinajstić information content (AvgIpc) is 3.14. The first-order valence-corrected chi connectivity index (χ1v) is 9.29. The SMILES string of the molecule is CN(C)[C@@H](CNC(=O)C(=O)NC1CCCC1)c1cccc2ccccc12. The van der Waals surface area contributed by atoms with Crippen LogP contribution in [0.15, 0.2) is 42.5 Å². The second-order valence-corrected chi connectivity index (χ2v) is 7.21. The van der Waals surface area contributed by atoms with Crippen molar-refractivity contribution in [3.05, 3.63) is 48.0 Å². The van der Waals surface area contributed by atoms with E-state index in [2.05, 4.69) is 39.8 Å². The van der Waals surface area contributed by atoms with Gasteiger partial charge < -0.3 is 15.5 Å². The van der Waals surface area contributed by atoms with Crippen molar-refractivity contribution < 1.29 is 9.59 Å². The maximum atomic E-state index is 12.2. The number of rotatable bonds is 5. The van der Waals surface area contributed by atoms with E-state index in [1.165, 1.54) is 10.8 Å². The van der Waals surface area contributed by atoms with Crippen LogP contribution in [-0.2, 0) is 9.59 Å². The van der Waals surface area contributed by atoms with Gasteiger partial charge in [-0.25, -0.2) is 0 Å². The number of amides is 2. The van der Waals surface area contributed by atoms with Crippen LogP contribution in [0.4, 0.5) is 0 Å². The summed E-state index contributed by atoms with van der Waals surface area (Å²) >= 11 is 0. The van der Waals surface area contributed by atoms with Crippen molar-refractivity contribution in [3.8, 4) is 0 Å². The predicted molar refractivity (Wildman–Crippen MR) is 104 cm³/mol. The van der Waals surface area contributed by atoms with Gasteiger partial charge in [0.2, 0.25) is 0 Å². The highest BCUT2D eigenvalue weighted by Gasteiger charge is 2.23. The molecule has 1 atom stereocenters. The summed E-state index contributed by atoms with van der Waals surface area (Å²) in [5, 5.41) is 7.98. The molecule has 0 aromatic heterocycles. The Morgan fingerprint density at radius 2 is 1.73 bits per heavy atom. The fraction of sp³-hybridized carbons (Fsp3) is 0.429. The minimum absolute atomic E-state index is 0.00988. The molecule has 2 amide bonds. The molecule has 1 saturated carbocycles. The lowest BCUT2D eigenvalue weighted by molar-refractivity contribution is -0.139. The van der Waals surface area contributed by atoms with Gasteiger partial charge in [-0.2, -0.15) is 0 Å². The Balaban J connectivity index is 1.68. The zero-order valence-electron chi connectivity index (χ0n) is 15.5. The second-order valence-electron chi connectivity index (χ2n) is 7.21. The Labute approximate surface area is 154 Å². The number of fused-ring (bicyclic) bond motifs is 1. The summed E-state index contributed by atoms with van der Waals surface area (Å²) in [6.45, 7) is 0.387. The highest BCUT2D eigenvalue weighted by Crippen LogP contribution is 2.26. The zero-order valence-corrected chi connectivity index (χ0v) is 15.5. The molecular weight excluding hydrogens is 326 g/mol. The molecule has 26 heavy (non-hydrogen) atoms. The molecule has 5 nitrogen and oxygen atoms in total. The van der Waals surface area contributed by atoms with Gasteiger partial charge in [-0.1, -0.05) is 55.3 Å². The summed E-state index contributed by atoms with van der Waals surface area (Å²) in [4.78, 5) is 26.4. The van der Waals surface area contributed by atoms with Crippen LogP contribution in [0.5, 0.6) is 0 Å². The number of carbonyl (C=O) groups is 2. The highest BCUT2D eigenvalue weighted by atomic mass is 16.2. The number of benzene rings is 2. The van der Waals surface area contributed by atoms with E-state index in [1.807, 2.05) is 32.3 Å². The molecule has 138 valence electrons. The Bertz CT molecular complexity index is 776. The van der Waals surface area contributed by atoms with Gasteiger partial charge in [0.05, 0.1) is 6.04 Å². The van der Waals surface area contributed by atoms with Gasteiger partial charge in [-0.15, -0.1) is 0 Å². The highest BCUT2D eigenvalue weighted by molar-refractivity contribution is 6.35. The molecule has 0 heterocycles. The van der Waals surface area contributed by atoms with E-state index >= 15 is 0 Å². The molecule has 2 aromatic carbocycles. The first kappa shape index (κ1) is 18.4. The van der Waals surface area contributed by atoms with Crippen LogP contribution in [0, 0.1) is 0 Å². The largest absolute Gasteiger partial charge is 0.346 e. The van der Waals surface area contributed by atoms with Gasteiger partial charge >= 0.3 is 11.8 Å². The van der Waals surface area contributed by atoms with Gasteiger partial charge in [0.25, 0.3) is 0 Å². The predicted octanol–water partition coefficient (Wildman–Crippen LogP) is 2.62. The normalized spacial score (nSPS) is 16.0. The van der Waals surface area contributed by atoms with Crippen molar-refractivity contribution in [2.45, 2.75) is 37.8 Å². The van der Waals surface area contributed by atoms with Crippen LogP contribution >= 0.6 is 0 Å². The van der Waals surface area contributed by atoms with Gasteiger partial charge in [0.1, 0.15) is 0 Å². The number of nitrogens with zero attached hydrogens (tertiary/aromatic N) is 1. The van der Waals surface area contributed by atoms with Crippen LogP contribution in [0.2, 0.25) is 0 Å². The lowest BCUT2D eigenvalue weighted by Gasteiger charge is -2.26. The third kappa shape index (κ3) is 4.22. The summed E-state index contributed by atoms with van der Waals surface area (Å²) < 4.78 is 0. The van der Waals surface area contributed by atoms with E-state index in [0.29, 0.717) is 6.54 Å². The first-order chi connectivity index (χ1) is 12.6. The number of likely N-dealkylation sites (N-methyl/N-ethyl adjacent to an activating group) is 1. The molecule has 3 rings (SSSR count). The van der Waals surface area contributed by atoms with E-state index < -0.39 is 11.8 Å². The molecule has 0 saturated heterocycles. The Morgan fingerprint density at radius 3 is 2.46 bits per heavy atom. The molecule has 0 unspecified atom stereocenters. The third-order valence-electron chi connectivity index (χ3n) is 5.16. The van der Waals surface area contributed by atoms with Crippen molar-refractivity contribution in [1.29, 1.82) is 0 Å². The molecular formula is C21H27N3O2. The van der Waals surface area contributed by atoms with Crippen LogP contribution in [0.1, 0.15) is 37.3 Å². The summed E-state index contributed by atoms with van der Waals surface area (Å²) in [5.41, 5.74) is 1.14. The minimum Gasteiger partial charge on any atom is -0.346 e. The summed E-state index contributed by atoms with van der Waals surface area (Å²) in [7, 11) is 3.97. The van der Waals surface area contributed by atoms with Crippen molar-refractivity contribution >= 4 is 22.6 Å². The van der Waals surface area contributed by atoms with E-state index in [0.717, 1.165) is 31.2 Å². The van der Waals surface area contributed by atoms with Crippen LogP contribution in [0.3, 0.4) is 0 Å². The number of hydrogen-bond acceptors (Lipinski definition) is 3. The Hall–Kier alpha value is -2.40. The van der Waals surface area contributed by atoms with Crippen molar-refractivity contribution in [1.82, 2.24) is 15.5 Å². The van der Waals surface area contributed by atoms with Crippen LogP contribution in [0.25, 0.3) is 10.8 Å². The average molecular weight is 353 g/mol. The minimum atomic E-state index is -0.552. The maximum Gasteiger partial charge on any atom is 0.309 e. The van der Waals surface area contributed by atoms with Gasteiger partial charge in [-0.05, 0) is 43.3 Å². The fourth-order valence-electron chi connectivity index (χ4n) is 3.70. The quantitative estimate of drug-likeness (QED) is 0.813. The van der Waals surface area contributed by atoms with Crippen molar-refractivity contribution in [2.24, 2.45) is 0 Å². The fourth-order valence-corrected chi connectivity index (χ4v) is 3.70. The van der Waals surface area contributed by atoms with Crippen LogP contribution in [-0.4, -0.2) is 43.4 Å². The van der Waals surface area contributed by atoms with E-state index in [-0.39, 0.29) is 12.1 Å². The monoisotopic (exact) mass is 353 g/mol. The lowest BCUT2D eigenvalue weighted by Crippen LogP contribution is -2.45. The van der Waals surface area contributed by atoms with E-state index in [1.54, 1.807) is 0 Å². The van der Waals surface area contributed by atoms with E-state index in [9.17, 15) is 9.59 Å². The first-order valence-electron chi connectivity index (χ1n) is 9.29. The molecule has 0 bridgehead atoms. The molecule has 5 heteroatoms. The number of carbonyl (C=O) groups excluding carboxylic acids is 2. The summed E-state index contributed by atoms with van der Waals surface area (Å²) in [6.07, 6.45) is 4.18. The maximum absolute atomic E-state index is 12.2. The topological polar surface area (TPSA) is 61.4 Å². The molecule has 2 aromatic rings. The molecule has 1 fully saturated rings.